The molecule has 0 radical (unpaired) electrons. The summed E-state index contributed by atoms with van der Waals surface area (Å²) in [6.45, 7) is 0. The summed E-state index contributed by atoms with van der Waals surface area (Å²) in [7, 11) is 1.54. The normalized spacial score (nSPS) is 25.8. The third-order valence-electron chi connectivity index (χ3n) is 5.96. The van der Waals surface area contributed by atoms with Crippen molar-refractivity contribution in [2.45, 2.75) is 31.0 Å². The lowest BCUT2D eigenvalue weighted by Crippen LogP contribution is -2.35. The van der Waals surface area contributed by atoms with Crippen LogP contribution in [-0.4, -0.2) is 40.4 Å². The Balaban J connectivity index is 1.88. The van der Waals surface area contributed by atoms with Crippen LogP contribution in [0.5, 0.6) is 11.5 Å². The minimum Gasteiger partial charge on any atom is -0.508 e. The van der Waals surface area contributed by atoms with E-state index in [4.69, 9.17) is 4.74 Å². The van der Waals surface area contributed by atoms with Crippen LogP contribution in [0.25, 0.3) is 11.1 Å². The molecule has 5 heteroatoms. The predicted molar refractivity (Wildman–Crippen MR) is 95.2 cm³/mol. The average molecular weight is 350 g/mol. The standard InChI is InChI=1S/C21H18O5/c1-26-16-8-12-13(22)6-5-9-11-7-15(24)19-10(3-2-4-14(19)23)18(11)20(17(9)12)21(16)25/h2-6,11,16,21-23,25H,7-8H2,1H3/t11-,16+,21+/m1/s1. The topological polar surface area (TPSA) is 87.0 Å². The number of hydrogen-bond acceptors (Lipinski definition) is 5. The van der Waals surface area contributed by atoms with Crippen molar-refractivity contribution in [2.24, 2.45) is 0 Å². The van der Waals surface area contributed by atoms with E-state index in [-0.39, 0.29) is 29.6 Å². The van der Waals surface area contributed by atoms with Crippen LogP contribution in [0, 0.1) is 0 Å². The number of aliphatic hydroxyl groups excluding tert-OH is 1. The lowest BCUT2D eigenvalue weighted by molar-refractivity contribution is 0.0143. The number of Topliss-reactive ketones (excluding diaryl/α,β-unsaturated/α-hetero) is 1. The highest BCUT2D eigenvalue weighted by atomic mass is 16.5. The molecule has 0 fully saturated rings. The summed E-state index contributed by atoms with van der Waals surface area (Å²) in [5.74, 6) is -0.138. The number of rotatable bonds is 1. The summed E-state index contributed by atoms with van der Waals surface area (Å²) in [5.41, 5.74) is 5.12. The summed E-state index contributed by atoms with van der Waals surface area (Å²) in [6, 6.07) is 8.53. The lowest BCUT2D eigenvalue weighted by atomic mass is 9.77. The molecule has 3 atom stereocenters. The summed E-state index contributed by atoms with van der Waals surface area (Å²) in [5, 5.41) is 31.6. The van der Waals surface area contributed by atoms with Crippen molar-refractivity contribution in [3.63, 3.8) is 0 Å². The van der Waals surface area contributed by atoms with E-state index in [0.29, 0.717) is 23.1 Å². The molecule has 5 nitrogen and oxygen atoms in total. The molecule has 0 aromatic heterocycles. The number of fused-ring (bicyclic) bond motifs is 4. The highest BCUT2D eigenvalue weighted by molar-refractivity contribution is 6.15. The molecule has 5 rings (SSSR count). The van der Waals surface area contributed by atoms with Crippen LogP contribution in [0.3, 0.4) is 0 Å². The van der Waals surface area contributed by atoms with E-state index in [9.17, 15) is 20.1 Å². The number of hydrogen-bond donors (Lipinski definition) is 3. The fraction of sp³-hybridized carbons (Fsp3) is 0.286. The van der Waals surface area contributed by atoms with Gasteiger partial charge in [0.15, 0.2) is 5.78 Å². The van der Waals surface area contributed by atoms with Crippen LogP contribution in [0.15, 0.2) is 30.3 Å². The van der Waals surface area contributed by atoms with Crippen LogP contribution in [0.2, 0.25) is 0 Å². The van der Waals surface area contributed by atoms with Gasteiger partial charge < -0.3 is 20.1 Å². The number of carbonyl (C=O) groups excluding carboxylic acids is 1. The molecule has 26 heavy (non-hydrogen) atoms. The van der Waals surface area contributed by atoms with Gasteiger partial charge in [0, 0.05) is 31.4 Å². The Labute approximate surface area is 150 Å². The number of carbonyl (C=O) groups is 1. The first-order valence-electron chi connectivity index (χ1n) is 8.68. The molecule has 3 aliphatic rings. The van der Waals surface area contributed by atoms with Gasteiger partial charge in [-0.2, -0.15) is 0 Å². The molecular weight excluding hydrogens is 332 g/mol. The molecule has 0 spiro atoms. The molecule has 3 aliphatic carbocycles. The number of ether oxygens (including phenoxy) is 1. The Kier molecular flexibility index (Phi) is 3.12. The van der Waals surface area contributed by atoms with Crippen molar-refractivity contribution in [1.29, 1.82) is 0 Å². The molecule has 132 valence electrons. The van der Waals surface area contributed by atoms with E-state index in [0.717, 1.165) is 22.3 Å². The number of ketones is 1. The zero-order valence-electron chi connectivity index (χ0n) is 14.2. The lowest BCUT2D eigenvalue weighted by Gasteiger charge is -2.32. The fourth-order valence-corrected chi connectivity index (χ4v) is 4.86. The van der Waals surface area contributed by atoms with Gasteiger partial charge in [-0.3, -0.25) is 4.79 Å². The molecule has 0 saturated heterocycles. The van der Waals surface area contributed by atoms with Crippen molar-refractivity contribution in [2.75, 3.05) is 7.11 Å². The quantitative estimate of drug-likeness (QED) is 0.736. The minimum atomic E-state index is -0.851. The van der Waals surface area contributed by atoms with Gasteiger partial charge in [-0.1, -0.05) is 18.2 Å². The molecule has 0 saturated carbocycles. The summed E-state index contributed by atoms with van der Waals surface area (Å²) < 4.78 is 5.47. The number of benzene rings is 2. The van der Waals surface area contributed by atoms with E-state index >= 15 is 0 Å². The van der Waals surface area contributed by atoms with Gasteiger partial charge in [0.2, 0.25) is 0 Å². The maximum Gasteiger partial charge on any atom is 0.168 e. The zero-order valence-corrected chi connectivity index (χ0v) is 14.2. The molecule has 0 heterocycles. The van der Waals surface area contributed by atoms with E-state index in [2.05, 4.69) is 0 Å². The van der Waals surface area contributed by atoms with Crippen LogP contribution in [-0.2, 0) is 11.2 Å². The molecule has 3 N–H and O–H groups in total. The maximum atomic E-state index is 12.7. The highest BCUT2D eigenvalue weighted by Crippen LogP contribution is 2.58. The van der Waals surface area contributed by atoms with Crippen molar-refractivity contribution in [1.82, 2.24) is 0 Å². The Morgan fingerprint density at radius 2 is 1.81 bits per heavy atom. The van der Waals surface area contributed by atoms with Crippen LogP contribution >= 0.6 is 0 Å². The van der Waals surface area contributed by atoms with Crippen LogP contribution in [0.1, 0.15) is 45.0 Å². The van der Waals surface area contributed by atoms with E-state index in [1.165, 1.54) is 6.07 Å². The number of phenolic OH excluding ortho intramolecular Hbond substituents is 2. The second kappa shape index (κ2) is 5.19. The van der Waals surface area contributed by atoms with Crippen molar-refractivity contribution < 1.29 is 24.9 Å². The van der Waals surface area contributed by atoms with Crippen molar-refractivity contribution >= 4 is 16.9 Å². The first-order chi connectivity index (χ1) is 12.5. The number of aromatic hydroxyl groups is 2. The smallest absolute Gasteiger partial charge is 0.168 e. The van der Waals surface area contributed by atoms with Crippen molar-refractivity contribution in [3.8, 4) is 11.5 Å². The third kappa shape index (κ3) is 1.79. The fourth-order valence-electron chi connectivity index (χ4n) is 4.86. The first kappa shape index (κ1) is 15.6. The Bertz CT molecular complexity index is 1000. The maximum absolute atomic E-state index is 12.7. The van der Waals surface area contributed by atoms with Crippen LogP contribution < -0.4 is 0 Å². The van der Waals surface area contributed by atoms with Gasteiger partial charge in [-0.15, -0.1) is 0 Å². The third-order valence-corrected chi connectivity index (χ3v) is 5.96. The van der Waals surface area contributed by atoms with Gasteiger partial charge in [-0.25, -0.2) is 0 Å². The number of allylic oxidation sites excluding steroid dienone is 1. The summed E-state index contributed by atoms with van der Waals surface area (Å²) in [6.07, 6.45) is -0.665. The SMILES string of the molecule is CO[C@H]1Cc2c(O)ccc3c2C(=C2c4cccc(O)c4C(=O)C[C@@H]23)[C@H]1O. The molecular formula is C21H18O5. The van der Waals surface area contributed by atoms with Gasteiger partial charge >= 0.3 is 0 Å². The van der Waals surface area contributed by atoms with Crippen molar-refractivity contribution in [3.05, 3.63) is 58.1 Å². The van der Waals surface area contributed by atoms with E-state index in [1.54, 1.807) is 19.2 Å². The van der Waals surface area contributed by atoms with Gasteiger partial charge in [-0.05, 0) is 40.0 Å². The highest BCUT2D eigenvalue weighted by Gasteiger charge is 2.46. The molecule has 0 unspecified atom stereocenters. The van der Waals surface area contributed by atoms with Gasteiger partial charge in [0.05, 0.1) is 11.7 Å². The van der Waals surface area contributed by atoms with Gasteiger partial charge in [0.1, 0.15) is 17.6 Å². The first-order valence-corrected chi connectivity index (χ1v) is 8.68. The molecule has 0 amide bonds. The molecule has 2 aromatic carbocycles. The van der Waals surface area contributed by atoms with E-state index < -0.39 is 12.2 Å². The van der Waals surface area contributed by atoms with Gasteiger partial charge in [0.25, 0.3) is 0 Å². The number of phenols is 2. The minimum absolute atomic E-state index is 0.0355. The Morgan fingerprint density at radius 3 is 2.58 bits per heavy atom. The largest absolute Gasteiger partial charge is 0.508 e. The summed E-state index contributed by atoms with van der Waals surface area (Å²) in [4.78, 5) is 12.7. The number of aliphatic hydroxyl groups is 1. The number of methoxy groups -OCH3 is 1. The molecule has 2 aromatic rings. The monoisotopic (exact) mass is 350 g/mol. The Morgan fingerprint density at radius 1 is 1.00 bits per heavy atom. The molecule has 0 bridgehead atoms. The second-order valence-electron chi connectivity index (χ2n) is 7.16. The zero-order chi connectivity index (χ0) is 18.2. The molecule has 0 aliphatic heterocycles. The predicted octanol–water partition coefficient (Wildman–Crippen LogP) is 2.62. The Hall–Kier alpha value is -2.63. The second-order valence-corrected chi connectivity index (χ2v) is 7.16. The van der Waals surface area contributed by atoms with E-state index in [1.807, 2.05) is 12.1 Å². The summed E-state index contributed by atoms with van der Waals surface area (Å²) >= 11 is 0. The van der Waals surface area contributed by atoms with Crippen LogP contribution in [0.4, 0.5) is 0 Å². The average Bonchev–Trinajstić information content (AvgIpc) is 2.95.